The Morgan fingerprint density at radius 2 is 2.19 bits per heavy atom. The summed E-state index contributed by atoms with van der Waals surface area (Å²) in [5.41, 5.74) is -0.0379. The van der Waals surface area contributed by atoms with Gasteiger partial charge in [0, 0.05) is 37.7 Å². The summed E-state index contributed by atoms with van der Waals surface area (Å²) in [6.45, 7) is 4.24. The molecule has 2 saturated heterocycles. The van der Waals surface area contributed by atoms with Gasteiger partial charge in [0.25, 0.3) is 0 Å². The fraction of sp³-hybridized carbons (Fsp3) is 0.579. The van der Waals surface area contributed by atoms with Crippen LogP contribution in [-0.4, -0.2) is 51.3 Å². The average Bonchev–Trinajstić information content (AvgIpc) is 3.18. The molecule has 7 nitrogen and oxygen atoms in total. The topological polar surface area (TPSA) is 102 Å². The number of rotatable bonds is 4. The largest absolute Gasteiger partial charge is 0.507 e. The zero-order valence-electron chi connectivity index (χ0n) is 15.5. The van der Waals surface area contributed by atoms with Gasteiger partial charge in [0.1, 0.15) is 17.8 Å². The second kappa shape index (κ2) is 7.44. The lowest BCUT2D eigenvalue weighted by Gasteiger charge is -2.40. The number of halogens is 1. The lowest BCUT2D eigenvalue weighted by Crippen LogP contribution is -2.56. The maximum absolute atomic E-state index is 13.0. The van der Waals surface area contributed by atoms with Crippen molar-refractivity contribution in [2.45, 2.75) is 57.5 Å². The number of nitrogens with zero attached hydrogens (tertiary/aromatic N) is 1. The number of hydrogen-bond acceptors (Lipinski definition) is 5. The number of aliphatic hydroxyl groups is 1. The lowest BCUT2D eigenvalue weighted by molar-refractivity contribution is -0.133. The van der Waals surface area contributed by atoms with Crippen molar-refractivity contribution in [3.05, 3.63) is 29.6 Å². The van der Waals surface area contributed by atoms with Crippen molar-refractivity contribution >= 4 is 11.8 Å². The molecule has 0 spiro atoms. The van der Waals surface area contributed by atoms with Crippen molar-refractivity contribution < 1.29 is 24.2 Å². The summed E-state index contributed by atoms with van der Waals surface area (Å²) in [5, 5.41) is 25.8. The third kappa shape index (κ3) is 3.77. The predicted octanol–water partition coefficient (Wildman–Crippen LogP) is 0.845. The van der Waals surface area contributed by atoms with Gasteiger partial charge in [-0.15, -0.1) is 0 Å². The predicted molar refractivity (Wildman–Crippen MR) is 96.0 cm³/mol. The zero-order valence-corrected chi connectivity index (χ0v) is 15.5. The summed E-state index contributed by atoms with van der Waals surface area (Å²) in [6.07, 6.45) is 1.10. The monoisotopic (exact) mass is 379 g/mol. The number of hydrogen-bond donors (Lipinski definition) is 4. The molecule has 4 N–H and O–H groups in total. The van der Waals surface area contributed by atoms with Crippen LogP contribution in [0.3, 0.4) is 0 Å². The third-order valence-corrected chi connectivity index (χ3v) is 5.89. The van der Waals surface area contributed by atoms with E-state index in [0.29, 0.717) is 18.5 Å². The molecule has 4 atom stereocenters. The van der Waals surface area contributed by atoms with Crippen molar-refractivity contribution in [2.75, 3.05) is 6.54 Å². The van der Waals surface area contributed by atoms with Crippen LogP contribution in [0.15, 0.2) is 18.2 Å². The maximum Gasteiger partial charge on any atom is 0.227 e. The van der Waals surface area contributed by atoms with Crippen LogP contribution in [-0.2, 0) is 16.1 Å². The normalized spacial score (nSPS) is 30.5. The van der Waals surface area contributed by atoms with E-state index in [4.69, 9.17) is 0 Å². The Hall–Kier alpha value is -2.19. The molecule has 148 valence electrons. The highest BCUT2D eigenvalue weighted by Gasteiger charge is 2.50. The van der Waals surface area contributed by atoms with Crippen LogP contribution in [0.1, 0.15) is 38.7 Å². The van der Waals surface area contributed by atoms with Crippen LogP contribution < -0.4 is 10.6 Å². The number of benzene rings is 1. The first-order valence-electron chi connectivity index (χ1n) is 9.20. The van der Waals surface area contributed by atoms with Crippen LogP contribution >= 0.6 is 0 Å². The molecule has 0 aliphatic carbocycles. The molecule has 2 fully saturated rings. The number of carbonyl (C=O) groups excluding carboxylic acids is 2. The van der Waals surface area contributed by atoms with Gasteiger partial charge in [-0.1, -0.05) is 6.07 Å². The third-order valence-electron chi connectivity index (χ3n) is 5.89. The summed E-state index contributed by atoms with van der Waals surface area (Å²) in [6, 6.07) is 3.41. The number of amides is 2. The van der Waals surface area contributed by atoms with Crippen LogP contribution in [0.4, 0.5) is 4.39 Å². The van der Waals surface area contributed by atoms with E-state index in [0.717, 1.165) is 18.9 Å². The molecule has 0 radical (unpaired) electrons. The fourth-order valence-electron chi connectivity index (χ4n) is 4.32. The summed E-state index contributed by atoms with van der Waals surface area (Å²) in [4.78, 5) is 26.3. The molecule has 2 aliphatic heterocycles. The van der Waals surface area contributed by atoms with Crippen molar-refractivity contribution in [1.29, 1.82) is 0 Å². The number of aromatic hydroxyl groups is 1. The molecule has 3 rings (SSSR count). The first-order chi connectivity index (χ1) is 12.7. The van der Waals surface area contributed by atoms with Gasteiger partial charge in [-0.25, -0.2) is 4.39 Å². The first kappa shape index (κ1) is 19.6. The summed E-state index contributed by atoms with van der Waals surface area (Å²) in [5.74, 6) is -1.80. The van der Waals surface area contributed by atoms with Gasteiger partial charge in [0.15, 0.2) is 0 Å². The van der Waals surface area contributed by atoms with Crippen LogP contribution in [0, 0.1) is 11.7 Å². The van der Waals surface area contributed by atoms with Gasteiger partial charge in [-0.2, -0.15) is 0 Å². The zero-order chi connectivity index (χ0) is 19.8. The molecule has 27 heavy (non-hydrogen) atoms. The van der Waals surface area contributed by atoms with E-state index in [1.54, 1.807) is 0 Å². The number of carbonyl (C=O) groups is 2. The molecule has 8 heteroatoms. The minimum absolute atomic E-state index is 0.00836. The van der Waals surface area contributed by atoms with Crippen molar-refractivity contribution in [2.24, 2.45) is 5.92 Å². The molecular weight excluding hydrogens is 353 g/mol. The average molecular weight is 379 g/mol. The molecule has 1 aromatic rings. The minimum atomic E-state index is -1.01. The number of phenols is 1. The molecule has 0 bridgehead atoms. The summed E-state index contributed by atoms with van der Waals surface area (Å²) in [7, 11) is 0. The molecule has 0 aromatic heterocycles. The van der Waals surface area contributed by atoms with Gasteiger partial charge in [0.2, 0.25) is 11.8 Å². The first-order valence-corrected chi connectivity index (χ1v) is 9.20. The highest BCUT2D eigenvalue weighted by molar-refractivity contribution is 5.80. The molecule has 1 aromatic carbocycles. The lowest BCUT2D eigenvalue weighted by atomic mass is 9.86. The Balaban J connectivity index is 1.64. The Kier molecular flexibility index (Phi) is 5.39. The Labute approximate surface area is 157 Å². The van der Waals surface area contributed by atoms with Crippen molar-refractivity contribution in [3.63, 3.8) is 0 Å². The van der Waals surface area contributed by atoms with Gasteiger partial charge in [-0.3, -0.25) is 14.9 Å². The van der Waals surface area contributed by atoms with Gasteiger partial charge < -0.3 is 20.4 Å². The van der Waals surface area contributed by atoms with Crippen LogP contribution in [0.25, 0.3) is 0 Å². The van der Waals surface area contributed by atoms with E-state index in [9.17, 15) is 24.2 Å². The van der Waals surface area contributed by atoms with Crippen molar-refractivity contribution in [1.82, 2.24) is 15.5 Å². The summed E-state index contributed by atoms with van der Waals surface area (Å²) >= 11 is 0. The van der Waals surface area contributed by atoms with E-state index >= 15 is 0 Å². The van der Waals surface area contributed by atoms with Crippen LogP contribution in [0.2, 0.25) is 0 Å². The van der Waals surface area contributed by atoms with E-state index in [1.807, 2.05) is 11.8 Å². The molecule has 2 amide bonds. The van der Waals surface area contributed by atoms with Gasteiger partial charge >= 0.3 is 0 Å². The number of nitrogens with one attached hydrogen (secondary N) is 2. The Bertz CT molecular complexity index is 744. The molecule has 3 unspecified atom stereocenters. The highest BCUT2D eigenvalue weighted by atomic mass is 19.1. The maximum atomic E-state index is 13.0. The van der Waals surface area contributed by atoms with Gasteiger partial charge in [0.05, 0.1) is 11.5 Å². The van der Waals surface area contributed by atoms with Crippen molar-refractivity contribution in [3.8, 4) is 5.75 Å². The number of phenolic OH excluding ortho intramolecular Hbond substituents is 1. The van der Waals surface area contributed by atoms with E-state index in [1.165, 1.54) is 19.1 Å². The summed E-state index contributed by atoms with van der Waals surface area (Å²) < 4.78 is 13.0. The second-order valence-corrected chi connectivity index (χ2v) is 7.63. The number of aliphatic hydroxyl groups excluding tert-OH is 1. The fourth-order valence-corrected chi connectivity index (χ4v) is 4.32. The number of likely N-dealkylation sites (tertiary alicyclic amines) is 1. The minimum Gasteiger partial charge on any atom is -0.507 e. The molecular formula is C19H26FN3O4. The van der Waals surface area contributed by atoms with E-state index in [2.05, 4.69) is 10.6 Å². The van der Waals surface area contributed by atoms with E-state index in [-0.39, 0.29) is 30.2 Å². The Morgan fingerprint density at radius 3 is 2.85 bits per heavy atom. The smallest absolute Gasteiger partial charge is 0.227 e. The highest BCUT2D eigenvalue weighted by Crippen LogP contribution is 2.38. The quantitative estimate of drug-likeness (QED) is 0.621. The standard InChI is InChI=1S/C19H26FN3O4/c1-11(24)23-7-3-6-19(23,2)16-9-14(18(27)22-16)17(26)21-10-12-4-5-13(20)8-15(12)25/h4-5,8,14,16,18,22,25,27H,3,6-7,9-10H2,1-2H3,(H,21,26)/t14?,16?,18?,19-/m0/s1. The van der Waals surface area contributed by atoms with Crippen LogP contribution in [0.5, 0.6) is 5.75 Å². The molecule has 0 saturated carbocycles. The second-order valence-electron chi connectivity index (χ2n) is 7.63. The SMILES string of the molecule is CC(=O)N1CCC[C@@]1(C)C1CC(C(=O)NCc2ccc(F)cc2O)C(O)N1. The molecule has 2 aliphatic rings. The van der Waals surface area contributed by atoms with E-state index < -0.39 is 23.5 Å². The van der Waals surface area contributed by atoms with Gasteiger partial charge in [-0.05, 0) is 32.3 Å². The Morgan fingerprint density at radius 1 is 1.44 bits per heavy atom. The molecule has 2 heterocycles.